The van der Waals surface area contributed by atoms with Gasteiger partial charge in [0.15, 0.2) is 15.8 Å². The lowest BCUT2D eigenvalue weighted by molar-refractivity contribution is -0.121. The van der Waals surface area contributed by atoms with E-state index in [1.807, 2.05) is 33.8 Å². The largest absolute Gasteiger partial charge is 0.357 e. The summed E-state index contributed by atoms with van der Waals surface area (Å²) >= 11 is 0. The lowest BCUT2D eigenvalue weighted by atomic mass is 10.1. The number of carbonyl (C=O) groups excluding carboxylic acids is 1. The summed E-state index contributed by atoms with van der Waals surface area (Å²) in [6.45, 7) is 10.6. The summed E-state index contributed by atoms with van der Waals surface area (Å²) in [7, 11) is -3.23. The Morgan fingerprint density at radius 3 is 2.35 bits per heavy atom. The topological polar surface area (TPSA) is 99.7 Å². The van der Waals surface area contributed by atoms with Crippen molar-refractivity contribution < 1.29 is 13.2 Å². The van der Waals surface area contributed by atoms with Crippen molar-refractivity contribution in [3.63, 3.8) is 0 Å². The van der Waals surface area contributed by atoms with E-state index in [0.29, 0.717) is 29.5 Å². The molecule has 0 atom stereocenters. The van der Waals surface area contributed by atoms with E-state index in [4.69, 9.17) is 0 Å². The number of sulfone groups is 1. The highest BCUT2D eigenvalue weighted by molar-refractivity contribution is 7.90. The molecular formula is C18H30N4O3S. The van der Waals surface area contributed by atoms with Gasteiger partial charge in [-0.3, -0.25) is 4.79 Å². The molecule has 0 spiro atoms. The summed E-state index contributed by atoms with van der Waals surface area (Å²) in [5, 5.41) is 8.96. The zero-order valence-electron chi connectivity index (χ0n) is 16.4. The van der Waals surface area contributed by atoms with E-state index in [1.54, 1.807) is 19.1 Å². The van der Waals surface area contributed by atoms with Gasteiger partial charge in [0.25, 0.3) is 0 Å². The van der Waals surface area contributed by atoms with Crippen molar-refractivity contribution >= 4 is 21.7 Å². The van der Waals surface area contributed by atoms with E-state index < -0.39 is 9.84 Å². The number of rotatable bonds is 6. The van der Waals surface area contributed by atoms with Gasteiger partial charge < -0.3 is 16.0 Å². The van der Waals surface area contributed by atoms with E-state index in [2.05, 4.69) is 20.9 Å². The van der Waals surface area contributed by atoms with Crippen LogP contribution in [0, 0.1) is 6.92 Å². The number of hydrogen-bond acceptors (Lipinski definition) is 4. The van der Waals surface area contributed by atoms with Gasteiger partial charge in [-0.1, -0.05) is 12.1 Å². The number of nitrogens with one attached hydrogen (secondary N) is 3. The van der Waals surface area contributed by atoms with E-state index in [9.17, 15) is 13.2 Å². The van der Waals surface area contributed by atoms with Gasteiger partial charge in [-0.05, 0) is 51.8 Å². The van der Waals surface area contributed by atoms with Crippen LogP contribution < -0.4 is 16.0 Å². The maximum Gasteiger partial charge on any atom is 0.239 e. The second-order valence-electron chi connectivity index (χ2n) is 7.22. The molecular weight excluding hydrogens is 352 g/mol. The molecule has 1 aromatic rings. The second kappa shape index (κ2) is 9.02. The number of nitrogens with zero attached hydrogens (tertiary/aromatic N) is 1. The minimum Gasteiger partial charge on any atom is -0.357 e. The predicted molar refractivity (Wildman–Crippen MR) is 105 cm³/mol. The number of amides is 1. The molecule has 0 aromatic heterocycles. The number of benzene rings is 1. The first kappa shape index (κ1) is 22.0. The normalized spacial score (nSPS) is 12.6. The highest BCUT2D eigenvalue weighted by Gasteiger charge is 2.14. The maximum absolute atomic E-state index is 11.9. The minimum atomic E-state index is -3.23. The van der Waals surface area contributed by atoms with E-state index >= 15 is 0 Å². The molecule has 0 heterocycles. The molecule has 1 rings (SSSR count). The first-order chi connectivity index (χ1) is 11.9. The molecule has 1 amide bonds. The van der Waals surface area contributed by atoms with Crippen LogP contribution in [0.25, 0.3) is 0 Å². The summed E-state index contributed by atoms with van der Waals surface area (Å²) < 4.78 is 23.4. The van der Waals surface area contributed by atoms with Crippen molar-refractivity contribution in [1.82, 2.24) is 16.0 Å². The zero-order chi connectivity index (χ0) is 20.0. The fraction of sp³-hybridized carbons (Fsp3) is 0.556. The third-order valence-corrected chi connectivity index (χ3v) is 4.59. The van der Waals surface area contributed by atoms with Crippen molar-refractivity contribution in [1.29, 1.82) is 0 Å². The second-order valence-corrected chi connectivity index (χ2v) is 9.20. The fourth-order valence-corrected chi connectivity index (χ4v) is 3.32. The van der Waals surface area contributed by atoms with Gasteiger partial charge in [-0.15, -0.1) is 0 Å². The third-order valence-electron chi connectivity index (χ3n) is 3.33. The molecule has 7 nitrogen and oxygen atoms in total. The van der Waals surface area contributed by atoms with Crippen molar-refractivity contribution in [2.45, 2.75) is 51.6 Å². The smallest absolute Gasteiger partial charge is 0.239 e. The molecule has 0 aliphatic heterocycles. The van der Waals surface area contributed by atoms with Gasteiger partial charge >= 0.3 is 0 Å². The van der Waals surface area contributed by atoms with Crippen LogP contribution in [-0.2, 0) is 21.2 Å². The monoisotopic (exact) mass is 382 g/mol. The predicted octanol–water partition coefficient (Wildman–Crippen LogP) is 1.37. The Morgan fingerprint density at radius 1 is 1.19 bits per heavy atom. The molecule has 0 saturated carbocycles. The van der Waals surface area contributed by atoms with E-state index in [1.165, 1.54) is 6.26 Å². The average molecular weight is 383 g/mol. The van der Waals surface area contributed by atoms with Crippen LogP contribution in [0.5, 0.6) is 0 Å². The first-order valence-electron chi connectivity index (χ1n) is 8.55. The summed E-state index contributed by atoms with van der Waals surface area (Å²) in [4.78, 5) is 16.7. The zero-order valence-corrected chi connectivity index (χ0v) is 17.3. The van der Waals surface area contributed by atoms with Crippen molar-refractivity contribution in [2.75, 3.05) is 19.3 Å². The number of carbonyl (C=O) groups is 1. The van der Waals surface area contributed by atoms with Gasteiger partial charge in [0.2, 0.25) is 5.91 Å². The SMILES string of the molecule is CCNC(=NCc1ccc(S(C)(=O)=O)c(C)c1)NCC(=O)NC(C)(C)C. The van der Waals surface area contributed by atoms with Crippen molar-refractivity contribution in [3.05, 3.63) is 29.3 Å². The molecule has 3 N–H and O–H groups in total. The molecule has 0 fully saturated rings. The maximum atomic E-state index is 11.9. The molecule has 146 valence electrons. The van der Waals surface area contributed by atoms with Crippen LogP contribution >= 0.6 is 0 Å². The summed E-state index contributed by atoms with van der Waals surface area (Å²) in [5.74, 6) is 0.415. The summed E-state index contributed by atoms with van der Waals surface area (Å²) in [6.07, 6.45) is 1.20. The highest BCUT2D eigenvalue weighted by atomic mass is 32.2. The molecule has 8 heteroatoms. The van der Waals surface area contributed by atoms with E-state index in [0.717, 1.165) is 5.56 Å². The number of hydrogen-bond donors (Lipinski definition) is 3. The Balaban J connectivity index is 2.78. The van der Waals surface area contributed by atoms with Gasteiger partial charge in [-0.25, -0.2) is 13.4 Å². The first-order valence-corrected chi connectivity index (χ1v) is 10.4. The Hall–Kier alpha value is -2.09. The molecule has 0 unspecified atom stereocenters. The standard InChI is InChI=1S/C18H30N4O3S/c1-7-19-17(21-12-16(23)22-18(3,4)5)20-11-14-8-9-15(13(2)10-14)26(6,24)25/h8-10H,7,11-12H2,1-6H3,(H,22,23)(H2,19,20,21). The van der Waals surface area contributed by atoms with Gasteiger partial charge in [0.1, 0.15) is 0 Å². The number of aryl methyl sites for hydroxylation is 1. The summed E-state index contributed by atoms with van der Waals surface area (Å²) in [5.41, 5.74) is 1.31. The van der Waals surface area contributed by atoms with Crippen molar-refractivity contribution in [2.24, 2.45) is 4.99 Å². The van der Waals surface area contributed by atoms with Crippen LogP contribution in [0.3, 0.4) is 0 Å². The summed E-state index contributed by atoms with van der Waals surface area (Å²) in [6, 6.07) is 5.17. The van der Waals surface area contributed by atoms with Crippen LogP contribution in [-0.4, -0.2) is 45.2 Å². The third kappa shape index (κ3) is 7.86. The molecule has 1 aromatic carbocycles. The molecule has 0 radical (unpaired) electrons. The molecule has 0 aliphatic carbocycles. The fourth-order valence-electron chi connectivity index (χ4n) is 2.36. The van der Waals surface area contributed by atoms with E-state index in [-0.39, 0.29) is 18.0 Å². The molecule has 0 saturated heterocycles. The highest BCUT2D eigenvalue weighted by Crippen LogP contribution is 2.17. The molecule has 26 heavy (non-hydrogen) atoms. The van der Waals surface area contributed by atoms with Crippen LogP contribution in [0.2, 0.25) is 0 Å². The Labute approximate surface area is 156 Å². The number of aliphatic imine (C=N–C) groups is 1. The van der Waals surface area contributed by atoms with Gasteiger partial charge in [0.05, 0.1) is 18.0 Å². The quantitative estimate of drug-likeness (QED) is 0.510. The Bertz CT molecular complexity index is 765. The molecule has 0 aliphatic rings. The van der Waals surface area contributed by atoms with Crippen molar-refractivity contribution in [3.8, 4) is 0 Å². The minimum absolute atomic E-state index is 0.114. The molecule has 0 bridgehead atoms. The van der Waals surface area contributed by atoms with Crippen LogP contribution in [0.15, 0.2) is 28.1 Å². The van der Waals surface area contributed by atoms with Gasteiger partial charge in [0, 0.05) is 18.3 Å². The Morgan fingerprint density at radius 2 is 1.85 bits per heavy atom. The number of guanidine groups is 1. The van der Waals surface area contributed by atoms with Crippen LogP contribution in [0.1, 0.15) is 38.8 Å². The van der Waals surface area contributed by atoms with Gasteiger partial charge in [-0.2, -0.15) is 0 Å². The lowest BCUT2D eigenvalue weighted by Crippen LogP contribution is -2.48. The Kier molecular flexibility index (Phi) is 7.62. The average Bonchev–Trinajstić information content (AvgIpc) is 2.47. The van der Waals surface area contributed by atoms with Crippen LogP contribution in [0.4, 0.5) is 0 Å². The lowest BCUT2D eigenvalue weighted by Gasteiger charge is -2.21.